The zero-order valence-corrected chi connectivity index (χ0v) is 8.79. The first-order chi connectivity index (χ1) is 6.54. The molecule has 1 amide bonds. The van der Waals surface area contributed by atoms with Crippen molar-refractivity contribution in [3.05, 3.63) is 0 Å². The van der Waals surface area contributed by atoms with Gasteiger partial charge in [-0.3, -0.25) is 9.59 Å². The minimum Gasteiger partial charge on any atom is -0.460 e. The zero-order chi connectivity index (χ0) is 12.3. The third-order valence-corrected chi connectivity index (χ3v) is 1.33. The SMILES string of the molecule is [2H]C(N)(CCC(=O)OC(C)(C)C)C(N)=O. The zero-order valence-electron chi connectivity index (χ0n) is 9.79. The summed E-state index contributed by atoms with van der Waals surface area (Å²) >= 11 is 0. The normalized spacial score (nSPS) is 16.7. The molecule has 0 aromatic rings. The van der Waals surface area contributed by atoms with E-state index in [9.17, 15) is 9.59 Å². The van der Waals surface area contributed by atoms with Crippen molar-refractivity contribution in [3.63, 3.8) is 0 Å². The summed E-state index contributed by atoms with van der Waals surface area (Å²) in [6.45, 7) is 5.19. The average Bonchev–Trinajstić information content (AvgIpc) is 1.97. The Morgan fingerprint density at radius 3 is 2.36 bits per heavy atom. The predicted octanol–water partition coefficient (Wildman–Crippen LogP) is -0.0791. The van der Waals surface area contributed by atoms with Gasteiger partial charge in [0.25, 0.3) is 0 Å². The van der Waals surface area contributed by atoms with Crippen molar-refractivity contribution in [2.24, 2.45) is 11.5 Å². The number of carbonyl (C=O) groups is 2. The molecule has 0 fully saturated rings. The van der Waals surface area contributed by atoms with E-state index in [0.29, 0.717) is 0 Å². The van der Waals surface area contributed by atoms with Gasteiger partial charge >= 0.3 is 5.97 Å². The van der Waals surface area contributed by atoms with Crippen LogP contribution in [0.3, 0.4) is 0 Å². The predicted molar refractivity (Wildman–Crippen MR) is 52.2 cm³/mol. The molecule has 0 aromatic heterocycles. The fourth-order valence-corrected chi connectivity index (χ4v) is 0.752. The molecule has 0 aliphatic heterocycles. The molecule has 0 aliphatic carbocycles. The summed E-state index contributed by atoms with van der Waals surface area (Å²) in [5, 5.41) is 0. The third kappa shape index (κ3) is 6.42. The Bertz CT molecular complexity index is 259. The quantitative estimate of drug-likeness (QED) is 0.625. The van der Waals surface area contributed by atoms with Gasteiger partial charge in [0.05, 0.1) is 7.39 Å². The van der Waals surface area contributed by atoms with Crippen LogP contribution < -0.4 is 11.5 Å². The summed E-state index contributed by atoms with van der Waals surface area (Å²) in [5.41, 5.74) is 9.56. The van der Waals surface area contributed by atoms with Crippen LogP contribution in [0, 0.1) is 0 Å². The van der Waals surface area contributed by atoms with Gasteiger partial charge in [0.2, 0.25) is 5.91 Å². The lowest BCUT2D eigenvalue weighted by molar-refractivity contribution is -0.155. The monoisotopic (exact) mass is 203 g/mol. The Labute approximate surface area is 85.2 Å². The molecule has 5 heteroatoms. The van der Waals surface area contributed by atoms with E-state index in [2.05, 4.69) is 0 Å². The molecular formula is C9H18N2O3. The summed E-state index contributed by atoms with van der Waals surface area (Å²) in [6, 6.07) is -1.91. The second kappa shape index (κ2) is 4.95. The summed E-state index contributed by atoms with van der Waals surface area (Å²) in [6.07, 6.45) is -0.239. The van der Waals surface area contributed by atoms with Crippen molar-refractivity contribution in [1.29, 1.82) is 0 Å². The first-order valence-corrected chi connectivity index (χ1v) is 4.35. The summed E-state index contributed by atoms with van der Waals surface area (Å²) in [7, 11) is 0. The topological polar surface area (TPSA) is 95.4 Å². The highest BCUT2D eigenvalue weighted by molar-refractivity contribution is 5.80. The first-order valence-electron chi connectivity index (χ1n) is 4.85. The van der Waals surface area contributed by atoms with E-state index in [4.69, 9.17) is 17.6 Å². The molecule has 0 aromatic carbocycles. The number of carbonyl (C=O) groups excluding carboxylic acids is 2. The van der Waals surface area contributed by atoms with Crippen LogP contribution >= 0.6 is 0 Å². The molecule has 82 valence electrons. The van der Waals surface area contributed by atoms with Crippen LogP contribution in [0.15, 0.2) is 0 Å². The Hall–Kier alpha value is -1.10. The number of primary amides is 1. The van der Waals surface area contributed by atoms with Gasteiger partial charge in [0.15, 0.2) is 0 Å². The lowest BCUT2D eigenvalue weighted by Gasteiger charge is -2.19. The van der Waals surface area contributed by atoms with E-state index in [1.165, 1.54) is 0 Å². The molecule has 0 spiro atoms. The van der Waals surface area contributed by atoms with Crippen LogP contribution in [-0.2, 0) is 14.3 Å². The van der Waals surface area contributed by atoms with E-state index < -0.39 is 23.5 Å². The largest absolute Gasteiger partial charge is 0.460 e. The van der Waals surface area contributed by atoms with Gasteiger partial charge in [-0.15, -0.1) is 0 Å². The van der Waals surface area contributed by atoms with Crippen molar-refractivity contribution in [2.75, 3.05) is 0 Å². The van der Waals surface area contributed by atoms with Crippen LogP contribution in [-0.4, -0.2) is 23.5 Å². The molecule has 5 nitrogen and oxygen atoms in total. The van der Waals surface area contributed by atoms with Crippen LogP contribution in [0.4, 0.5) is 0 Å². The maximum atomic E-state index is 11.2. The minimum absolute atomic E-state index is 0.0970. The Kier molecular flexibility index (Phi) is 3.88. The molecule has 0 saturated carbocycles. The third-order valence-electron chi connectivity index (χ3n) is 1.33. The van der Waals surface area contributed by atoms with Crippen LogP contribution in [0.25, 0.3) is 0 Å². The van der Waals surface area contributed by atoms with E-state index >= 15 is 0 Å². The van der Waals surface area contributed by atoms with Crippen molar-refractivity contribution < 1.29 is 15.7 Å². The van der Waals surface area contributed by atoms with Gasteiger partial charge in [-0.25, -0.2) is 0 Å². The van der Waals surface area contributed by atoms with E-state index in [1.54, 1.807) is 20.8 Å². The molecule has 0 bridgehead atoms. The average molecular weight is 203 g/mol. The number of esters is 1. The van der Waals surface area contributed by atoms with Crippen molar-refractivity contribution in [1.82, 2.24) is 0 Å². The Morgan fingerprint density at radius 1 is 1.50 bits per heavy atom. The maximum absolute atomic E-state index is 11.2. The molecule has 0 radical (unpaired) electrons. The number of nitrogens with two attached hydrogens (primary N) is 2. The highest BCUT2D eigenvalue weighted by Crippen LogP contribution is 2.09. The fourth-order valence-electron chi connectivity index (χ4n) is 0.752. The summed E-state index contributed by atoms with van der Waals surface area (Å²) in [5.74, 6) is -1.45. The molecule has 4 N–H and O–H groups in total. The Balaban J connectivity index is 4.07. The molecule has 0 saturated heterocycles. The number of rotatable bonds is 4. The summed E-state index contributed by atoms with van der Waals surface area (Å²) < 4.78 is 12.3. The second-order valence-electron chi connectivity index (χ2n) is 3.98. The van der Waals surface area contributed by atoms with E-state index in [-0.39, 0.29) is 12.8 Å². The second-order valence-corrected chi connectivity index (χ2v) is 3.98. The van der Waals surface area contributed by atoms with Crippen LogP contribution in [0.5, 0.6) is 0 Å². The van der Waals surface area contributed by atoms with Gasteiger partial charge in [0, 0.05) is 6.42 Å². The van der Waals surface area contributed by atoms with Crippen molar-refractivity contribution in [2.45, 2.75) is 45.2 Å². The highest BCUT2D eigenvalue weighted by Gasteiger charge is 2.18. The van der Waals surface area contributed by atoms with Crippen molar-refractivity contribution in [3.8, 4) is 0 Å². The first kappa shape index (κ1) is 11.0. The molecule has 0 aliphatic rings. The van der Waals surface area contributed by atoms with Gasteiger partial charge in [-0.1, -0.05) is 0 Å². The lowest BCUT2D eigenvalue weighted by Crippen LogP contribution is -2.37. The minimum atomic E-state index is -1.91. The van der Waals surface area contributed by atoms with Gasteiger partial charge in [0.1, 0.15) is 5.60 Å². The molecule has 1 atom stereocenters. The summed E-state index contributed by atoms with van der Waals surface area (Å²) in [4.78, 5) is 21.9. The number of hydrogen-bond donors (Lipinski definition) is 2. The van der Waals surface area contributed by atoms with Gasteiger partial charge in [-0.05, 0) is 27.2 Å². The molecule has 1 unspecified atom stereocenters. The maximum Gasteiger partial charge on any atom is 0.306 e. The number of amides is 1. The molecular weight excluding hydrogens is 184 g/mol. The van der Waals surface area contributed by atoms with Gasteiger partial charge in [-0.2, -0.15) is 0 Å². The molecule has 0 rings (SSSR count). The van der Waals surface area contributed by atoms with E-state index in [1.807, 2.05) is 0 Å². The lowest BCUT2D eigenvalue weighted by atomic mass is 10.1. The molecule has 14 heavy (non-hydrogen) atoms. The van der Waals surface area contributed by atoms with Crippen molar-refractivity contribution >= 4 is 11.9 Å². The highest BCUT2D eigenvalue weighted by atomic mass is 16.6. The van der Waals surface area contributed by atoms with Crippen LogP contribution in [0.1, 0.15) is 35.0 Å². The number of hydrogen-bond acceptors (Lipinski definition) is 4. The standard InChI is InChI=1S/C9H18N2O3/c1-9(2,3)14-7(12)5-4-6(10)8(11)13/h6H,4-5,10H2,1-3H3,(H2,11,13)/i6D. The molecule has 0 heterocycles. The number of ether oxygens (including phenoxy) is 1. The van der Waals surface area contributed by atoms with E-state index in [0.717, 1.165) is 0 Å². The fraction of sp³-hybridized carbons (Fsp3) is 0.778. The van der Waals surface area contributed by atoms with Gasteiger partial charge < -0.3 is 16.2 Å². The Morgan fingerprint density at radius 2 is 2.00 bits per heavy atom. The van der Waals surface area contributed by atoms with Crippen LogP contribution in [0.2, 0.25) is 0 Å². The smallest absolute Gasteiger partial charge is 0.306 e.